The first-order valence-corrected chi connectivity index (χ1v) is 8.04. The lowest BCUT2D eigenvalue weighted by Crippen LogP contribution is -2.23. The molecule has 1 aromatic carbocycles. The predicted molar refractivity (Wildman–Crippen MR) is 78.2 cm³/mol. The molecule has 0 fully saturated rings. The van der Waals surface area contributed by atoms with Crippen LogP contribution in [-0.2, 0) is 30.7 Å². The molecule has 0 bridgehead atoms. The third kappa shape index (κ3) is 6.37. The van der Waals surface area contributed by atoms with Crippen LogP contribution in [0.3, 0.4) is 0 Å². The lowest BCUT2D eigenvalue weighted by atomic mass is 10.2. The van der Waals surface area contributed by atoms with Gasteiger partial charge in [0.25, 0.3) is 0 Å². The number of esters is 1. The van der Waals surface area contributed by atoms with E-state index in [1.165, 1.54) is 0 Å². The monoisotopic (exact) mass is 314 g/mol. The van der Waals surface area contributed by atoms with Gasteiger partial charge in [0.15, 0.2) is 9.84 Å². The van der Waals surface area contributed by atoms with Crippen molar-refractivity contribution in [1.82, 2.24) is 0 Å². The molecule has 0 heterocycles. The number of hydrogen-bond acceptors (Lipinski definition) is 6. The second kappa shape index (κ2) is 7.75. The van der Waals surface area contributed by atoms with Crippen LogP contribution in [0.2, 0.25) is 0 Å². The van der Waals surface area contributed by atoms with Gasteiger partial charge in [-0.05, 0) is 17.7 Å². The number of benzene rings is 1. The minimum absolute atomic E-state index is 0.230. The van der Waals surface area contributed by atoms with Gasteiger partial charge in [0.1, 0.15) is 5.75 Å². The first-order valence-electron chi connectivity index (χ1n) is 6.22. The van der Waals surface area contributed by atoms with Crippen molar-refractivity contribution in [3.05, 3.63) is 29.8 Å². The Kier molecular flexibility index (Phi) is 6.32. The molecule has 0 aliphatic heterocycles. The quantitative estimate of drug-likeness (QED) is 0.688. The first kappa shape index (κ1) is 17.1. The third-order valence-electron chi connectivity index (χ3n) is 2.65. The van der Waals surface area contributed by atoms with Gasteiger partial charge in [-0.1, -0.05) is 12.1 Å². The number of carbonyl (C=O) groups is 2. The van der Waals surface area contributed by atoms with Crippen LogP contribution >= 0.6 is 0 Å². The molecule has 21 heavy (non-hydrogen) atoms. The highest BCUT2D eigenvalue weighted by Gasteiger charge is 2.18. The SMILES string of the molecule is COC(=O)CS(=O)(=O)CCC(=O)Nc1cccc(CN)c1. The molecule has 1 rings (SSSR count). The van der Waals surface area contributed by atoms with Crippen LogP contribution < -0.4 is 11.1 Å². The largest absolute Gasteiger partial charge is 0.468 e. The van der Waals surface area contributed by atoms with E-state index in [2.05, 4.69) is 10.1 Å². The minimum atomic E-state index is -3.65. The molecular weight excluding hydrogens is 296 g/mol. The molecule has 1 aromatic rings. The summed E-state index contributed by atoms with van der Waals surface area (Å²) in [4.78, 5) is 22.6. The van der Waals surface area contributed by atoms with Gasteiger partial charge in [-0.3, -0.25) is 9.59 Å². The molecule has 0 unspecified atom stereocenters. The lowest BCUT2D eigenvalue weighted by molar-refractivity contribution is -0.137. The second-order valence-electron chi connectivity index (χ2n) is 4.37. The summed E-state index contributed by atoms with van der Waals surface area (Å²) >= 11 is 0. The van der Waals surface area contributed by atoms with Gasteiger partial charge in [0, 0.05) is 18.7 Å². The van der Waals surface area contributed by atoms with E-state index in [9.17, 15) is 18.0 Å². The van der Waals surface area contributed by atoms with Crippen LogP contribution in [0.15, 0.2) is 24.3 Å². The number of methoxy groups -OCH3 is 1. The third-order valence-corrected chi connectivity index (χ3v) is 4.15. The molecule has 116 valence electrons. The Morgan fingerprint density at radius 1 is 1.33 bits per heavy atom. The van der Waals surface area contributed by atoms with E-state index in [0.717, 1.165) is 12.7 Å². The first-order chi connectivity index (χ1) is 9.86. The van der Waals surface area contributed by atoms with Crippen molar-refractivity contribution in [1.29, 1.82) is 0 Å². The number of sulfone groups is 1. The summed E-state index contributed by atoms with van der Waals surface area (Å²) in [5.41, 5.74) is 6.89. The summed E-state index contributed by atoms with van der Waals surface area (Å²) in [5.74, 6) is -2.42. The van der Waals surface area contributed by atoms with Crippen LogP contribution in [0.5, 0.6) is 0 Å². The van der Waals surface area contributed by atoms with Crippen LogP contribution in [0.25, 0.3) is 0 Å². The van der Waals surface area contributed by atoms with Crippen molar-refractivity contribution in [2.45, 2.75) is 13.0 Å². The number of nitrogens with two attached hydrogens (primary N) is 1. The Balaban J connectivity index is 2.52. The maximum Gasteiger partial charge on any atom is 0.320 e. The highest BCUT2D eigenvalue weighted by atomic mass is 32.2. The summed E-state index contributed by atoms with van der Waals surface area (Å²) in [6, 6.07) is 6.95. The zero-order valence-corrected chi connectivity index (χ0v) is 12.5. The highest BCUT2D eigenvalue weighted by Crippen LogP contribution is 2.10. The molecule has 0 aliphatic carbocycles. The van der Waals surface area contributed by atoms with Gasteiger partial charge < -0.3 is 15.8 Å². The molecule has 8 heteroatoms. The van der Waals surface area contributed by atoms with E-state index in [-0.39, 0.29) is 6.42 Å². The van der Waals surface area contributed by atoms with Crippen molar-refractivity contribution in [3.8, 4) is 0 Å². The van der Waals surface area contributed by atoms with E-state index >= 15 is 0 Å². The van der Waals surface area contributed by atoms with E-state index in [1.54, 1.807) is 18.2 Å². The van der Waals surface area contributed by atoms with Gasteiger partial charge in [0.2, 0.25) is 5.91 Å². The van der Waals surface area contributed by atoms with E-state index in [4.69, 9.17) is 5.73 Å². The van der Waals surface area contributed by atoms with Gasteiger partial charge >= 0.3 is 5.97 Å². The van der Waals surface area contributed by atoms with Gasteiger partial charge in [-0.15, -0.1) is 0 Å². The molecule has 0 spiro atoms. The molecule has 0 saturated heterocycles. The number of nitrogens with one attached hydrogen (secondary N) is 1. The van der Waals surface area contributed by atoms with Crippen molar-refractivity contribution in [2.24, 2.45) is 5.73 Å². The fourth-order valence-corrected chi connectivity index (χ4v) is 2.68. The summed E-state index contributed by atoms with van der Waals surface area (Å²) < 4.78 is 27.4. The van der Waals surface area contributed by atoms with Crippen LogP contribution in [0.1, 0.15) is 12.0 Å². The average Bonchev–Trinajstić information content (AvgIpc) is 2.45. The zero-order valence-electron chi connectivity index (χ0n) is 11.7. The number of hydrogen-bond donors (Lipinski definition) is 2. The van der Waals surface area contributed by atoms with Crippen molar-refractivity contribution in [3.63, 3.8) is 0 Å². The van der Waals surface area contributed by atoms with Crippen molar-refractivity contribution in [2.75, 3.05) is 23.9 Å². The molecule has 7 nitrogen and oxygen atoms in total. The summed E-state index contributed by atoms with van der Waals surface area (Å²) in [6.07, 6.45) is -0.230. The number of rotatable bonds is 7. The van der Waals surface area contributed by atoms with Gasteiger partial charge in [-0.25, -0.2) is 8.42 Å². The number of anilines is 1. The summed E-state index contributed by atoms with van der Waals surface area (Å²) in [6.45, 7) is 0.344. The Labute approximate surface area is 123 Å². The van der Waals surface area contributed by atoms with Crippen LogP contribution in [0, 0.1) is 0 Å². The molecule has 1 amide bonds. The molecule has 0 saturated carbocycles. The number of ether oxygens (including phenoxy) is 1. The summed E-state index contributed by atoms with van der Waals surface area (Å²) in [5, 5.41) is 2.58. The normalized spacial score (nSPS) is 11.0. The lowest BCUT2D eigenvalue weighted by Gasteiger charge is -2.07. The fraction of sp³-hybridized carbons (Fsp3) is 0.385. The predicted octanol–water partition coefficient (Wildman–Crippen LogP) is 0.0617. The van der Waals surface area contributed by atoms with E-state index in [0.29, 0.717) is 12.2 Å². The van der Waals surface area contributed by atoms with E-state index < -0.39 is 33.2 Å². The Morgan fingerprint density at radius 3 is 2.67 bits per heavy atom. The number of amides is 1. The Hall–Kier alpha value is -1.93. The molecule has 0 aliphatic rings. The van der Waals surface area contributed by atoms with Crippen molar-refractivity contribution >= 4 is 27.4 Å². The Bertz CT molecular complexity index is 613. The molecular formula is C13H18N2O5S. The molecule has 0 radical (unpaired) electrons. The fourth-order valence-electron chi connectivity index (χ4n) is 1.56. The van der Waals surface area contributed by atoms with Crippen molar-refractivity contribution < 1.29 is 22.7 Å². The Morgan fingerprint density at radius 2 is 2.05 bits per heavy atom. The topological polar surface area (TPSA) is 116 Å². The average molecular weight is 314 g/mol. The zero-order chi connectivity index (χ0) is 15.9. The molecule has 3 N–H and O–H groups in total. The van der Waals surface area contributed by atoms with Crippen LogP contribution in [0.4, 0.5) is 5.69 Å². The molecule has 0 aromatic heterocycles. The standard InChI is InChI=1S/C13H18N2O5S/c1-20-13(17)9-21(18,19)6-5-12(16)15-11-4-2-3-10(7-11)8-14/h2-4,7H,5-6,8-9,14H2,1H3,(H,15,16). The molecule has 0 atom stereocenters. The van der Waals surface area contributed by atoms with Crippen LogP contribution in [-0.4, -0.2) is 38.9 Å². The maximum atomic E-state index is 11.7. The number of carbonyl (C=O) groups excluding carboxylic acids is 2. The highest BCUT2D eigenvalue weighted by molar-refractivity contribution is 7.92. The van der Waals surface area contributed by atoms with Gasteiger partial charge in [0.05, 0.1) is 12.9 Å². The summed E-state index contributed by atoms with van der Waals surface area (Å²) in [7, 11) is -2.54. The second-order valence-corrected chi connectivity index (χ2v) is 6.55. The van der Waals surface area contributed by atoms with Gasteiger partial charge in [-0.2, -0.15) is 0 Å². The maximum absolute atomic E-state index is 11.7. The van der Waals surface area contributed by atoms with E-state index in [1.807, 2.05) is 6.07 Å². The smallest absolute Gasteiger partial charge is 0.320 e. The minimum Gasteiger partial charge on any atom is -0.468 e.